The lowest BCUT2D eigenvalue weighted by atomic mass is 10.2. The largest absolute Gasteiger partial charge is 0.401 e. The third kappa shape index (κ3) is 6.68. The molecule has 9 heteroatoms. The molecule has 0 saturated carbocycles. The number of guanidine groups is 1. The maximum Gasteiger partial charge on any atom is 0.401 e. The summed E-state index contributed by atoms with van der Waals surface area (Å²) in [5.74, 6) is 0.823. The maximum atomic E-state index is 12.6. The van der Waals surface area contributed by atoms with Crippen LogP contribution in [0.2, 0.25) is 0 Å². The van der Waals surface area contributed by atoms with E-state index in [1.807, 2.05) is 25.1 Å². The monoisotopic (exact) mass is 511 g/mol. The third-order valence-electron chi connectivity index (χ3n) is 5.02. The molecule has 2 aliphatic heterocycles. The van der Waals surface area contributed by atoms with Gasteiger partial charge in [-0.2, -0.15) is 13.2 Å². The second-order valence-corrected chi connectivity index (χ2v) is 7.09. The number of anilines is 1. The lowest BCUT2D eigenvalue weighted by Gasteiger charge is -2.38. The summed E-state index contributed by atoms with van der Waals surface area (Å²) in [6.45, 7) is 6.18. The number of alkyl halides is 3. The number of benzene rings is 1. The van der Waals surface area contributed by atoms with Gasteiger partial charge in [0.05, 0.1) is 6.54 Å². The van der Waals surface area contributed by atoms with Crippen LogP contribution < -0.4 is 10.2 Å². The smallest absolute Gasteiger partial charge is 0.368 e. The minimum absolute atomic E-state index is 0. The Morgan fingerprint density at radius 1 is 1.11 bits per heavy atom. The normalized spacial score (nSPS) is 21.6. The number of rotatable bonds is 4. The summed E-state index contributed by atoms with van der Waals surface area (Å²) in [7, 11) is 0. The predicted octanol–water partition coefficient (Wildman–Crippen LogP) is 3.03. The molecule has 0 aromatic heterocycles. The maximum absolute atomic E-state index is 12.6. The van der Waals surface area contributed by atoms with Crippen molar-refractivity contribution in [1.29, 1.82) is 0 Å². The number of nitrogens with zero attached hydrogens (tertiary/aromatic N) is 4. The summed E-state index contributed by atoms with van der Waals surface area (Å²) in [6, 6.07) is 10.3. The SMILES string of the molecule is CCN=C(NC1CCN(CC(F)(F)F)C1)N1CCN(c2ccccc2)CC1.I. The minimum Gasteiger partial charge on any atom is -0.368 e. The predicted molar refractivity (Wildman–Crippen MR) is 118 cm³/mol. The van der Waals surface area contributed by atoms with E-state index >= 15 is 0 Å². The fourth-order valence-electron chi connectivity index (χ4n) is 3.73. The van der Waals surface area contributed by atoms with Crippen LogP contribution >= 0.6 is 24.0 Å². The molecular weight excluding hydrogens is 482 g/mol. The van der Waals surface area contributed by atoms with Gasteiger partial charge >= 0.3 is 6.18 Å². The van der Waals surface area contributed by atoms with Crippen molar-refractivity contribution in [1.82, 2.24) is 15.1 Å². The molecule has 3 rings (SSSR count). The van der Waals surface area contributed by atoms with E-state index in [4.69, 9.17) is 0 Å². The molecular formula is C19H29F3IN5. The third-order valence-corrected chi connectivity index (χ3v) is 5.02. The Morgan fingerprint density at radius 3 is 2.39 bits per heavy atom. The van der Waals surface area contributed by atoms with Crippen LogP contribution in [0.25, 0.3) is 0 Å². The first kappa shape index (κ1) is 23.1. The molecule has 2 fully saturated rings. The topological polar surface area (TPSA) is 34.1 Å². The van der Waals surface area contributed by atoms with Crippen LogP contribution in [-0.4, -0.2) is 80.3 Å². The summed E-state index contributed by atoms with van der Waals surface area (Å²) in [4.78, 5) is 10.6. The molecule has 2 heterocycles. The van der Waals surface area contributed by atoms with Crippen molar-refractivity contribution < 1.29 is 13.2 Å². The van der Waals surface area contributed by atoms with Gasteiger partial charge in [-0.05, 0) is 25.5 Å². The molecule has 2 aliphatic rings. The zero-order valence-corrected chi connectivity index (χ0v) is 18.5. The van der Waals surface area contributed by atoms with Gasteiger partial charge in [0, 0.05) is 57.5 Å². The summed E-state index contributed by atoms with van der Waals surface area (Å²) < 4.78 is 37.8. The first-order chi connectivity index (χ1) is 12.9. The van der Waals surface area contributed by atoms with Gasteiger partial charge in [-0.15, -0.1) is 24.0 Å². The molecule has 5 nitrogen and oxygen atoms in total. The lowest BCUT2D eigenvalue weighted by Crippen LogP contribution is -2.54. The number of halogens is 4. The number of aliphatic imine (C=N–C) groups is 1. The molecule has 0 amide bonds. The van der Waals surface area contributed by atoms with Gasteiger partial charge in [0.25, 0.3) is 0 Å². The van der Waals surface area contributed by atoms with E-state index < -0.39 is 12.7 Å². The van der Waals surface area contributed by atoms with Crippen molar-refractivity contribution in [3.63, 3.8) is 0 Å². The quantitative estimate of drug-likeness (QED) is 0.383. The van der Waals surface area contributed by atoms with Gasteiger partial charge in [0.1, 0.15) is 0 Å². The highest BCUT2D eigenvalue weighted by atomic mass is 127. The number of likely N-dealkylation sites (tertiary alicyclic amines) is 1. The van der Waals surface area contributed by atoms with E-state index in [2.05, 4.69) is 32.2 Å². The highest BCUT2D eigenvalue weighted by Gasteiger charge is 2.35. The number of hydrogen-bond donors (Lipinski definition) is 1. The lowest BCUT2D eigenvalue weighted by molar-refractivity contribution is -0.143. The Morgan fingerprint density at radius 2 is 1.79 bits per heavy atom. The van der Waals surface area contributed by atoms with Gasteiger partial charge in [-0.3, -0.25) is 9.89 Å². The molecule has 1 aromatic carbocycles. The molecule has 0 spiro atoms. The van der Waals surface area contributed by atoms with Crippen LogP contribution in [0.1, 0.15) is 13.3 Å². The van der Waals surface area contributed by atoms with Crippen molar-refractivity contribution >= 4 is 35.6 Å². The summed E-state index contributed by atoms with van der Waals surface area (Å²) in [6.07, 6.45) is -3.42. The summed E-state index contributed by atoms with van der Waals surface area (Å²) >= 11 is 0. The van der Waals surface area contributed by atoms with Crippen LogP contribution in [-0.2, 0) is 0 Å². The second-order valence-electron chi connectivity index (χ2n) is 7.09. The average molecular weight is 511 g/mol. The highest BCUT2D eigenvalue weighted by molar-refractivity contribution is 14.0. The van der Waals surface area contributed by atoms with Gasteiger partial charge < -0.3 is 15.1 Å². The van der Waals surface area contributed by atoms with E-state index in [9.17, 15) is 13.2 Å². The van der Waals surface area contributed by atoms with Crippen LogP contribution in [0.15, 0.2) is 35.3 Å². The van der Waals surface area contributed by atoms with E-state index in [0.29, 0.717) is 26.1 Å². The summed E-state index contributed by atoms with van der Waals surface area (Å²) in [5.41, 5.74) is 1.22. The van der Waals surface area contributed by atoms with Gasteiger partial charge in [-0.25, -0.2) is 0 Å². The second kappa shape index (κ2) is 10.5. The van der Waals surface area contributed by atoms with E-state index in [1.54, 1.807) is 0 Å². The Hall–Kier alpha value is -1.23. The molecule has 1 atom stereocenters. The molecule has 1 aromatic rings. The average Bonchev–Trinajstić information content (AvgIpc) is 3.07. The van der Waals surface area contributed by atoms with Crippen molar-refractivity contribution in [2.24, 2.45) is 4.99 Å². The Kier molecular flexibility index (Phi) is 8.66. The first-order valence-electron chi connectivity index (χ1n) is 9.59. The van der Waals surface area contributed by atoms with Crippen LogP contribution in [0, 0.1) is 0 Å². The zero-order valence-electron chi connectivity index (χ0n) is 16.2. The number of nitrogens with one attached hydrogen (secondary N) is 1. The Bertz CT molecular complexity index is 618. The Labute approximate surface area is 182 Å². The highest BCUT2D eigenvalue weighted by Crippen LogP contribution is 2.20. The molecule has 0 bridgehead atoms. The molecule has 2 saturated heterocycles. The standard InChI is InChI=1S/C19H28F3N5.HI/c1-2-23-18(24-16-8-9-25(14-16)15-19(20,21)22)27-12-10-26(11-13-27)17-6-4-3-5-7-17;/h3-7,16H,2,8-15H2,1H3,(H,23,24);1H. The van der Waals surface area contributed by atoms with Gasteiger partial charge in [-0.1, -0.05) is 18.2 Å². The van der Waals surface area contributed by atoms with Crippen LogP contribution in [0.5, 0.6) is 0 Å². The summed E-state index contributed by atoms with van der Waals surface area (Å²) in [5, 5.41) is 3.41. The van der Waals surface area contributed by atoms with Crippen molar-refractivity contribution in [2.75, 3.05) is 57.3 Å². The number of hydrogen-bond acceptors (Lipinski definition) is 3. The van der Waals surface area contributed by atoms with E-state index in [1.165, 1.54) is 10.6 Å². The van der Waals surface area contributed by atoms with E-state index in [0.717, 1.165) is 32.1 Å². The number of piperazine rings is 1. The zero-order chi connectivity index (χ0) is 19.3. The van der Waals surface area contributed by atoms with Crippen molar-refractivity contribution in [3.8, 4) is 0 Å². The minimum atomic E-state index is -4.14. The fraction of sp³-hybridized carbons (Fsp3) is 0.632. The molecule has 0 aliphatic carbocycles. The molecule has 0 radical (unpaired) electrons. The molecule has 1 N–H and O–H groups in total. The van der Waals surface area contributed by atoms with E-state index in [-0.39, 0.29) is 30.0 Å². The number of para-hydroxylation sites is 1. The molecule has 1 unspecified atom stereocenters. The van der Waals surface area contributed by atoms with Crippen molar-refractivity contribution in [3.05, 3.63) is 30.3 Å². The van der Waals surface area contributed by atoms with Crippen LogP contribution in [0.4, 0.5) is 18.9 Å². The van der Waals surface area contributed by atoms with Crippen molar-refractivity contribution in [2.45, 2.75) is 25.6 Å². The Balaban J connectivity index is 0.00000280. The fourth-order valence-corrected chi connectivity index (χ4v) is 3.73. The molecule has 158 valence electrons. The van der Waals surface area contributed by atoms with Gasteiger partial charge in [0.15, 0.2) is 5.96 Å². The van der Waals surface area contributed by atoms with Crippen LogP contribution in [0.3, 0.4) is 0 Å². The molecule has 28 heavy (non-hydrogen) atoms. The van der Waals surface area contributed by atoms with Gasteiger partial charge in [0.2, 0.25) is 0 Å². The first-order valence-corrected chi connectivity index (χ1v) is 9.59.